The van der Waals surface area contributed by atoms with Crippen molar-refractivity contribution in [1.29, 1.82) is 0 Å². The molecule has 0 aliphatic heterocycles. The van der Waals surface area contributed by atoms with Gasteiger partial charge in [0.25, 0.3) is 0 Å². The number of aliphatic imine (C=N–C) groups is 2. The van der Waals surface area contributed by atoms with E-state index in [0.717, 1.165) is 28.5 Å². The van der Waals surface area contributed by atoms with Crippen molar-refractivity contribution >= 4 is 17.1 Å². The summed E-state index contributed by atoms with van der Waals surface area (Å²) in [5.41, 5.74) is 6.93. The molecule has 0 radical (unpaired) electrons. The summed E-state index contributed by atoms with van der Waals surface area (Å²) >= 11 is 0. The number of aryl methyl sites for hydroxylation is 2. The van der Waals surface area contributed by atoms with Gasteiger partial charge in [0.2, 0.25) is 0 Å². The van der Waals surface area contributed by atoms with Crippen LogP contribution in [0.25, 0.3) is 0 Å². The Morgan fingerprint density at radius 3 is 1.88 bits per heavy atom. The van der Waals surface area contributed by atoms with E-state index in [-0.39, 0.29) is 5.54 Å². The first-order chi connectivity index (χ1) is 11.2. The zero-order valence-electron chi connectivity index (χ0n) is 15.8. The van der Waals surface area contributed by atoms with Gasteiger partial charge in [-0.05, 0) is 71.7 Å². The zero-order valence-corrected chi connectivity index (χ0v) is 15.8. The molecule has 3 nitrogen and oxygen atoms in total. The second-order valence-corrected chi connectivity index (χ2v) is 7.21. The highest BCUT2D eigenvalue weighted by molar-refractivity contribution is 6.01. The molecule has 0 aliphatic carbocycles. The molecule has 0 amide bonds. The molecule has 0 atom stereocenters. The molecule has 0 bridgehead atoms. The summed E-state index contributed by atoms with van der Waals surface area (Å²) in [4.78, 5) is 14.3. The minimum atomic E-state index is -0.108. The Bertz CT molecular complexity index is 773. The molecule has 1 aromatic heterocycles. The molecule has 0 N–H and O–H groups in total. The third kappa shape index (κ3) is 4.60. The average molecular weight is 321 g/mol. The molecule has 0 saturated heterocycles. The highest BCUT2D eigenvalue weighted by atomic mass is 14.9. The van der Waals surface area contributed by atoms with Gasteiger partial charge in [0.15, 0.2) is 0 Å². The topological polar surface area (TPSA) is 37.6 Å². The Morgan fingerprint density at radius 2 is 1.33 bits per heavy atom. The number of benzene rings is 1. The molecule has 1 aromatic carbocycles. The largest absolute Gasteiger partial charge is 0.282 e. The molecule has 0 spiro atoms. The Kier molecular flexibility index (Phi) is 5.33. The first kappa shape index (κ1) is 18.1. The van der Waals surface area contributed by atoms with Crippen LogP contribution in [0.3, 0.4) is 0 Å². The monoisotopic (exact) mass is 321 g/mol. The third-order valence-electron chi connectivity index (χ3n) is 3.71. The maximum Gasteiger partial charge on any atom is 0.0849 e. The first-order valence-corrected chi connectivity index (χ1v) is 8.33. The van der Waals surface area contributed by atoms with Crippen LogP contribution >= 0.6 is 0 Å². The van der Waals surface area contributed by atoms with Gasteiger partial charge < -0.3 is 0 Å². The predicted octanol–water partition coefficient (Wildman–Crippen LogP) is 5.45. The van der Waals surface area contributed by atoms with Crippen molar-refractivity contribution < 1.29 is 0 Å². The second-order valence-electron chi connectivity index (χ2n) is 7.21. The van der Waals surface area contributed by atoms with Crippen LogP contribution in [0, 0.1) is 13.8 Å². The summed E-state index contributed by atoms with van der Waals surface area (Å²) in [5.74, 6) is 0. The van der Waals surface area contributed by atoms with Crippen LogP contribution in [0.4, 0.5) is 5.69 Å². The number of hydrogen-bond acceptors (Lipinski definition) is 3. The molecule has 126 valence electrons. The SMILES string of the molecule is CC(=Nc1c(C)cccc1C)c1cccc(C(C)=NC(C)(C)C)n1. The van der Waals surface area contributed by atoms with Gasteiger partial charge in [-0.2, -0.15) is 0 Å². The molecule has 0 unspecified atom stereocenters. The number of para-hydroxylation sites is 1. The lowest BCUT2D eigenvalue weighted by atomic mass is 10.1. The van der Waals surface area contributed by atoms with Crippen LogP contribution in [0.15, 0.2) is 46.4 Å². The number of rotatable bonds is 3. The molecule has 24 heavy (non-hydrogen) atoms. The molecule has 3 heteroatoms. The lowest BCUT2D eigenvalue weighted by Crippen LogP contribution is -2.14. The molecule has 0 aliphatic rings. The first-order valence-electron chi connectivity index (χ1n) is 8.33. The van der Waals surface area contributed by atoms with Crippen molar-refractivity contribution in [2.75, 3.05) is 0 Å². The third-order valence-corrected chi connectivity index (χ3v) is 3.71. The van der Waals surface area contributed by atoms with Crippen LogP contribution in [0.1, 0.15) is 57.1 Å². The maximum atomic E-state index is 4.82. The van der Waals surface area contributed by atoms with E-state index in [1.54, 1.807) is 0 Å². The average Bonchev–Trinajstić information content (AvgIpc) is 2.49. The van der Waals surface area contributed by atoms with E-state index in [1.807, 2.05) is 32.0 Å². The highest BCUT2D eigenvalue weighted by Crippen LogP contribution is 2.24. The summed E-state index contributed by atoms with van der Waals surface area (Å²) in [6.45, 7) is 14.5. The van der Waals surface area contributed by atoms with Crippen molar-refractivity contribution in [3.63, 3.8) is 0 Å². The summed E-state index contributed by atoms with van der Waals surface area (Å²) in [6.07, 6.45) is 0. The van der Waals surface area contributed by atoms with Crippen molar-refractivity contribution in [2.45, 2.75) is 54.0 Å². The predicted molar refractivity (Wildman–Crippen MR) is 104 cm³/mol. The fourth-order valence-corrected chi connectivity index (χ4v) is 2.61. The maximum absolute atomic E-state index is 4.82. The van der Waals surface area contributed by atoms with Crippen LogP contribution < -0.4 is 0 Å². The number of pyridine rings is 1. The van der Waals surface area contributed by atoms with E-state index in [9.17, 15) is 0 Å². The quantitative estimate of drug-likeness (QED) is 0.693. The van der Waals surface area contributed by atoms with Gasteiger partial charge in [0.1, 0.15) is 0 Å². The van der Waals surface area contributed by atoms with Gasteiger partial charge in [0.05, 0.1) is 34.0 Å². The minimum absolute atomic E-state index is 0.108. The second kappa shape index (κ2) is 7.08. The smallest absolute Gasteiger partial charge is 0.0849 e. The fraction of sp³-hybridized carbons (Fsp3) is 0.381. The van der Waals surface area contributed by atoms with Gasteiger partial charge in [-0.15, -0.1) is 0 Å². The van der Waals surface area contributed by atoms with Crippen molar-refractivity contribution in [1.82, 2.24) is 4.98 Å². The Balaban J connectivity index is 2.41. The summed E-state index contributed by atoms with van der Waals surface area (Å²) < 4.78 is 0. The van der Waals surface area contributed by atoms with E-state index >= 15 is 0 Å². The molecule has 2 rings (SSSR count). The van der Waals surface area contributed by atoms with Crippen LogP contribution in [0.5, 0.6) is 0 Å². The van der Waals surface area contributed by atoms with Crippen LogP contribution in [-0.2, 0) is 0 Å². The standard InChI is InChI=1S/C21H27N3/c1-14-10-8-11-15(2)20(14)22-16(3)18-12-9-13-19(23-18)17(4)24-21(5,6)7/h8-13H,1-7H3. The van der Waals surface area contributed by atoms with Crippen molar-refractivity contribution in [3.05, 3.63) is 58.9 Å². The van der Waals surface area contributed by atoms with E-state index in [1.165, 1.54) is 11.1 Å². The number of aromatic nitrogens is 1. The van der Waals surface area contributed by atoms with Crippen molar-refractivity contribution in [3.8, 4) is 0 Å². The van der Waals surface area contributed by atoms with E-state index in [2.05, 4.69) is 52.8 Å². The summed E-state index contributed by atoms with van der Waals surface area (Å²) in [7, 11) is 0. The van der Waals surface area contributed by atoms with Gasteiger partial charge >= 0.3 is 0 Å². The molecule has 2 aromatic rings. The zero-order chi connectivity index (χ0) is 17.9. The summed E-state index contributed by atoms with van der Waals surface area (Å²) in [6, 6.07) is 12.3. The molecule has 0 fully saturated rings. The molecular weight excluding hydrogens is 294 g/mol. The lowest BCUT2D eigenvalue weighted by Gasteiger charge is -2.14. The van der Waals surface area contributed by atoms with Gasteiger partial charge in [-0.25, -0.2) is 4.98 Å². The number of hydrogen-bond donors (Lipinski definition) is 0. The lowest BCUT2D eigenvalue weighted by molar-refractivity contribution is 0.583. The van der Waals surface area contributed by atoms with Gasteiger partial charge in [-0.3, -0.25) is 9.98 Å². The van der Waals surface area contributed by atoms with Crippen LogP contribution in [-0.4, -0.2) is 21.9 Å². The molecule has 0 saturated carbocycles. The van der Waals surface area contributed by atoms with E-state index in [4.69, 9.17) is 15.0 Å². The van der Waals surface area contributed by atoms with Gasteiger partial charge in [-0.1, -0.05) is 24.3 Å². The Hall–Kier alpha value is -2.29. The Labute approximate surface area is 145 Å². The molecular formula is C21H27N3. The number of nitrogens with zero attached hydrogens (tertiary/aromatic N) is 3. The normalized spacial score (nSPS) is 13.3. The van der Waals surface area contributed by atoms with Crippen LogP contribution in [0.2, 0.25) is 0 Å². The van der Waals surface area contributed by atoms with E-state index in [0.29, 0.717) is 0 Å². The van der Waals surface area contributed by atoms with E-state index < -0.39 is 0 Å². The minimum Gasteiger partial charge on any atom is -0.282 e. The highest BCUT2D eigenvalue weighted by Gasteiger charge is 2.10. The summed E-state index contributed by atoms with van der Waals surface area (Å²) in [5, 5.41) is 0. The Morgan fingerprint density at radius 1 is 0.833 bits per heavy atom. The van der Waals surface area contributed by atoms with Gasteiger partial charge in [0, 0.05) is 0 Å². The fourth-order valence-electron chi connectivity index (χ4n) is 2.61. The molecule has 1 heterocycles. The van der Waals surface area contributed by atoms with Crippen molar-refractivity contribution in [2.24, 2.45) is 9.98 Å².